The van der Waals surface area contributed by atoms with E-state index in [0.717, 1.165) is 18.4 Å². The lowest BCUT2D eigenvalue weighted by atomic mass is 10.2. The summed E-state index contributed by atoms with van der Waals surface area (Å²) in [5.41, 5.74) is 2.18. The van der Waals surface area contributed by atoms with Crippen molar-refractivity contribution in [1.82, 2.24) is 4.98 Å². The molecule has 0 saturated heterocycles. The van der Waals surface area contributed by atoms with Crippen LogP contribution in [0.1, 0.15) is 11.3 Å². The molecule has 11 heavy (non-hydrogen) atoms. The van der Waals surface area contributed by atoms with Crippen LogP contribution in [-0.2, 0) is 6.42 Å². The van der Waals surface area contributed by atoms with Crippen LogP contribution in [-0.4, -0.2) is 10.1 Å². The molecule has 2 heteroatoms. The molecule has 0 bridgehead atoms. The predicted octanol–water partition coefficient (Wildman–Crippen LogP) is 2.00. The molecule has 2 nitrogen and oxygen atoms in total. The second-order valence-corrected chi connectivity index (χ2v) is 2.39. The van der Waals surface area contributed by atoms with Gasteiger partial charge in [0.05, 0.1) is 6.26 Å². The molecule has 0 unspecified atom stereocenters. The fourth-order valence-corrected chi connectivity index (χ4v) is 0.920. The van der Waals surface area contributed by atoms with E-state index < -0.39 is 0 Å². The number of nitrogens with zero attached hydrogens (tertiary/aromatic N) is 1. The van der Waals surface area contributed by atoms with Crippen LogP contribution in [0.5, 0.6) is 0 Å². The third-order valence-corrected chi connectivity index (χ3v) is 1.42. The fourth-order valence-electron chi connectivity index (χ4n) is 0.920. The molecule has 1 aromatic heterocycles. The topological polar surface area (TPSA) is 33.1 Å². The maximum absolute atomic E-state index is 8.40. The standard InChI is InChI=1S/C9H11NO/c1-8-7-9(3-2-6-11)4-5-10-8/h2,4-7,11H,3H2,1H3. The summed E-state index contributed by atoms with van der Waals surface area (Å²) in [6, 6.07) is 3.94. The van der Waals surface area contributed by atoms with Gasteiger partial charge in [0.1, 0.15) is 0 Å². The summed E-state index contributed by atoms with van der Waals surface area (Å²) in [5.74, 6) is 0. The normalized spacial score (nSPS) is 10.6. The van der Waals surface area contributed by atoms with E-state index in [2.05, 4.69) is 4.98 Å². The molecular formula is C9H11NO. The van der Waals surface area contributed by atoms with Crippen molar-refractivity contribution in [2.45, 2.75) is 13.3 Å². The molecule has 0 radical (unpaired) electrons. The van der Waals surface area contributed by atoms with Gasteiger partial charge in [0.25, 0.3) is 0 Å². The largest absolute Gasteiger partial charge is 0.516 e. The van der Waals surface area contributed by atoms with E-state index in [0.29, 0.717) is 0 Å². The zero-order chi connectivity index (χ0) is 8.10. The Kier molecular flexibility index (Phi) is 2.66. The van der Waals surface area contributed by atoms with Crippen molar-refractivity contribution in [3.05, 3.63) is 41.9 Å². The van der Waals surface area contributed by atoms with Crippen LogP contribution < -0.4 is 0 Å². The lowest BCUT2D eigenvalue weighted by molar-refractivity contribution is 0.471. The van der Waals surface area contributed by atoms with Gasteiger partial charge in [-0.1, -0.05) is 0 Å². The highest BCUT2D eigenvalue weighted by atomic mass is 16.2. The first-order valence-electron chi connectivity index (χ1n) is 3.53. The molecule has 1 N–H and O–H groups in total. The fraction of sp³-hybridized carbons (Fsp3) is 0.222. The van der Waals surface area contributed by atoms with Crippen LogP contribution in [0.25, 0.3) is 0 Å². The van der Waals surface area contributed by atoms with E-state index in [-0.39, 0.29) is 0 Å². The third-order valence-electron chi connectivity index (χ3n) is 1.42. The van der Waals surface area contributed by atoms with E-state index in [9.17, 15) is 0 Å². The van der Waals surface area contributed by atoms with Crippen molar-refractivity contribution in [2.24, 2.45) is 0 Å². The molecule has 0 spiro atoms. The average Bonchev–Trinajstić information content (AvgIpc) is 2.01. The molecule has 0 amide bonds. The van der Waals surface area contributed by atoms with Crippen LogP contribution in [0.15, 0.2) is 30.7 Å². The highest BCUT2D eigenvalue weighted by molar-refractivity contribution is 5.17. The first-order valence-corrected chi connectivity index (χ1v) is 3.53. The molecule has 0 saturated carbocycles. The first-order chi connectivity index (χ1) is 5.33. The summed E-state index contributed by atoms with van der Waals surface area (Å²) >= 11 is 0. The van der Waals surface area contributed by atoms with Gasteiger partial charge in [-0.15, -0.1) is 0 Å². The monoisotopic (exact) mass is 149 g/mol. The van der Waals surface area contributed by atoms with E-state index in [1.165, 1.54) is 5.56 Å². The minimum atomic E-state index is 0.764. The van der Waals surface area contributed by atoms with Crippen molar-refractivity contribution in [1.29, 1.82) is 0 Å². The van der Waals surface area contributed by atoms with Gasteiger partial charge in [-0.2, -0.15) is 0 Å². The Hall–Kier alpha value is -1.31. The van der Waals surface area contributed by atoms with Crippen molar-refractivity contribution < 1.29 is 5.11 Å². The maximum Gasteiger partial charge on any atom is 0.0755 e. The van der Waals surface area contributed by atoms with Gasteiger partial charge in [-0.3, -0.25) is 4.98 Å². The first kappa shape index (κ1) is 7.79. The number of allylic oxidation sites excluding steroid dienone is 1. The van der Waals surface area contributed by atoms with Crippen LogP contribution in [0.3, 0.4) is 0 Å². The minimum Gasteiger partial charge on any atom is -0.516 e. The molecule has 0 aliphatic heterocycles. The molecule has 1 heterocycles. The van der Waals surface area contributed by atoms with Crippen molar-refractivity contribution in [2.75, 3.05) is 0 Å². The summed E-state index contributed by atoms with van der Waals surface area (Å²) < 4.78 is 0. The molecule has 58 valence electrons. The van der Waals surface area contributed by atoms with Gasteiger partial charge < -0.3 is 5.11 Å². The zero-order valence-corrected chi connectivity index (χ0v) is 6.49. The second-order valence-electron chi connectivity index (χ2n) is 2.39. The van der Waals surface area contributed by atoms with E-state index in [1.54, 1.807) is 12.3 Å². The Morgan fingerprint density at radius 1 is 1.64 bits per heavy atom. The molecule has 0 aliphatic rings. The van der Waals surface area contributed by atoms with Crippen molar-refractivity contribution in [3.8, 4) is 0 Å². The van der Waals surface area contributed by atoms with Crippen molar-refractivity contribution in [3.63, 3.8) is 0 Å². The summed E-state index contributed by atoms with van der Waals surface area (Å²) in [6.07, 6.45) is 5.31. The number of aromatic nitrogens is 1. The van der Waals surface area contributed by atoms with Crippen molar-refractivity contribution >= 4 is 0 Å². The lowest BCUT2D eigenvalue weighted by Gasteiger charge is -1.95. The molecule has 0 atom stereocenters. The number of rotatable bonds is 2. The molecule has 0 aliphatic carbocycles. The smallest absolute Gasteiger partial charge is 0.0755 e. The summed E-state index contributed by atoms with van der Waals surface area (Å²) in [5, 5.41) is 8.40. The van der Waals surface area contributed by atoms with Crippen LogP contribution >= 0.6 is 0 Å². The number of aryl methyl sites for hydroxylation is 1. The van der Waals surface area contributed by atoms with Gasteiger partial charge in [0, 0.05) is 11.9 Å². The van der Waals surface area contributed by atoms with Crippen LogP contribution in [0, 0.1) is 6.92 Å². The number of aliphatic hydroxyl groups excluding tert-OH is 1. The lowest BCUT2D eigenvalue weighted by Crippen LogP contribution is -1.84. The molecular weight excluding hydrogens is 138 g/mol. The van der Waals surface area contributed by atoms with Gasteiger partial charge in [0.2, 0.25) is 0 Å². The average molecular weight is 149 g/mol. The highest BCUT2D eigenvalue weighted by Crippen LogP contribution is 2.01. The Morgan fingerprint density at radius 2 is 2.45 bits per heavy atom. The quantitative estimate of drug-likeness (QED) is 0.652. The molecule has 0 aromatic carbocycles. The predicted molar refractivity (Wildman–Crippen MR) is 44.4 cm³/mol. The maximum atomic E-state index is 8.40. The Bertz CT molecular complexity index is 255. The van der Waals surface area contributed by atoms with Crippen LogP contribution in [0.4, 0.5) is 0 Å². The summed E-state index contributed by atoms with van der Waals surface area (Å²) in [6.45, 7) is 1.95. The van der Waals surface area contributed by atoms with E-state index >= 15 is 0 Å². The minimum absolute atomic E-state index is 0.764. The summed E-state index contributed by atoms with van der Waals surface area (Å²) in [7, 11) is 0. The molecule has 0 fully saturated rings. The van der Waals surface area contributed by atoms with Gasteiger partial charge in [0.15, 0.2) is 0 Å². The van der Waals surface area contributed by atoms with E-state index in [1.807, 2.05) is 19.1 Å². The zero-order valence-electron chi connectivity index (χ0n) is 6.49. The Balaban J connectivity index is 2.71. The van der Waals surface area contributed by atoms with Crippen LogP contribution in [0.2, 0.25) is 0 Å². The number of aliphatic hydroxyl groups is 1. The second kappa shape index (κ2) is 3.76. The molecule has 1 rings (SSSR count). The van der Waals surface area contributed by atoms with Gasteiger partial charge in [-0.25, -0.2) is 0 Å². The number of pyridine rings is 1. The van der Waals surface area contributed by atoms with E-state index in [4.69, 9.17) is 5.11 Å². The highest BCUT2D eigenvalue weighted by Gasteiger charge is 1.89. The summed E-state index contributed by atoms with van der Waals surface area (Å²) in [4.78, 5) is 4.06. The molecule has 1 aromatic rings. The SMILES string of the molecule is Cc1cc(CC=CO)ccn1. The Labute approximate surface area is 66.2 Å². The van der Waals surface area contributed by atoms with Gasteiger partial charge >= 0.3 is 0 Å². The third kappa shape index (κ3) is 2.42. The Morgan fingerprint density at radius 3 is 3.09 bits per heavy atom. The van der Waals surface area contributed by atoms with Gasteiger partial charge in [-0.05, 0) is 37.1 Å². The number of hydrogen-bond acceptors (Lipinski definition) is 2. The number of hydrogen-bond donors (Lipinski definition) is 1.